The minimum atomic E-state index is -3.44. The van der Waals surface area contributed by atoms with Crippen LogP contribution in [-0.2, 0) is 29.4 Å². The van der Waals surface area contributed by atoms with E-state index in [0.29, 0.717) is 6.42 Å². The van der Waals surface area contributed by atoms with Gasteiger partial charge in [0.2, 0.25) is 10.0 Å². The van der Waals surface area contributed by atoms with Crippen molar-refractivity contribution < 1.29 is 8.42 Å². The van der Waals surface area contributed by atoms with Gasteiger partial charge in [-0.2, -0.15) is 0 Å². The zero-order valence-electron chi connectivity index (χ0n) is 13.8. The molecule has 0 aliphatic rings. The van der Waals surface area contributed by atoms with E-state index in [4.69, 9.17) is 5.14 Å². The van der Waals surface area contributed by atoms with Crippen molar-refractivity contribution >= 4 is 20.9 Å². The van der Waals surface area contributed by atoms with Crippen molar-refractivity contribution in [1.29, 1.82) is 0 Å². The van der Waals surface area contributed by atoms with Gasteiger partial charge in [0.25, 0.3) is 0 Å². The zero-order valence-corrected chi connectivity index (χ0v) is 14.6. The molecule has 0 unspecified atom stereocenters. The average molecular weight is 335 g/mol. The van der Waals surface area contributed by atoms with Crippen LogP contribution in [0.4, 0.5) is 0 Å². The highest BCUT2D eigenvalue weighted by atomic mass is 32.2. The molecule has 0 fully saturated rings. The number of fused-ring (bicyclic) bond motifs is 1. The first-order valence-corrected chi connectivity index (χ1v) is 9.38. The lowest BCUT2D eigenvalue weighted by Crippen LogP contribution is -2.17. The zero-order chi connectivity index (χ0) is 17.0. The third-order valence-corrected chi connectivity index (χ3v) is 4.63. The lowest BCUT2D eigenvalue weighted by Gasteiger charge is -2.08. The van der Waals surface area contributed by atoms with Crippen LogP contribution in [0, 0.1) is 0 Å². The van der Waals surface area contributed by atoms with Crippen molar-refractivity contribution in [3.05, 3.63) is 48.2 Å². The van der Waals surface area contributed by atoms with Crippen molar-refractivity contribution in [2.45, 2.75) is 19.4 Å². The lowest BCUT2D eigenvalue weighted by molar-refractivity contribution is 0.414. The Morgan fingerprint density at radius 1 is 1.30 bits per heavy atom. The van der Waals surface area contributed by atoms with Gasteiger partial charge >= 0.3 is 0 Å². The first kappa shape index (κ1) is 17.7. The fraction of sp³-hybridized carbons (Fsp3) is 0.412. The Morgan fingerprint density at radius 2 is 2.04 bits per heavy atom. The molecule has 0 saturated carbocycles. The van der Waals surface area contributed by atoms with Crippen molar-refractivity contribution in [2.75, 3.05) is 26.4 Å². The monoisotopic (exact) mass is 335 g/mol. The van der Waals surface area contributed by atoms with E-state index in [1.54, 1.807) is 0 Å². The molecule has 5 nitrogen and oxygen atoms in total. The summed E-state index contributed by atoms with van der Waals surface area (Å²) in [4.78, 5) is 2.15. The SMILES string of the molecule is C=CCn1cc(CCN(C)C)c2cc(CCS(N)(=O)=O)ccc21. The summed E-state index contributed by atoms with van der Waals surface area (Å²) in [6.07, 6.45) is 5.43. The number of aromatic nitrogens is 1. The minimum absolute atomic E-state index is 0.0289. The number of rotatable bonds is 8. The van der Waals surface area contributed by atoms with Crippen LogP contribution in [0.5, 0.6) is 0 Å². The average Bonchev–Trinajstić information content (AvgIpc) is 2.80. The predicted molar refractivity (Wildman–Crippen MR) is 96.1 cm³/mol. The molecule has 0 bridgehead atoms. The molecular weight excluding hydrogens is 310 g/mol. The van der Waals surface area contributed by atoms with Gasteiger partial charge in [0.15, 0.2) is 0 Å². The van der Waals surface area contributed by atoms with E-state index in [1.165, 1.54) is 10.9 Å². The van der Waals surface area contributed by atoms with Gasteiger partial charge in [0, 0.05) is 30.2 Å². The smallest absolute Gasteiger partial charge is 0.209 e. The number of allylic oxidation sites excluding steroid dienone is 1. The first-order valence-electron chi connectivity index (χ1n) is 7.67. The van der Waals surface area contributed by atoms with Crippen LogP contribution in [0.1, 0.15) is 11.1 Å². The Bertz CT molecular complexity index is 792. The van der Waals surface area contributed by atoms with Crippen LogP contribution in [0.3, 0.4) is 0 Å². The molecule has 0 atom stereocenters. The summed E-state index contributed by atoms with van der Waals surface area (Å²) >= 11 is 0. The van der Waals surface area contributed by atoms with E-state index < -0.39 is 10.0 Å². The standard InChI is InChI=1S/C17H25N3O2S/c1-4-9-20-13-15(7-10-19(2)3)16-12-14(5-6-17(16)20)8-11-23(18,21)22/h4-6,12-13H,1,7-11H2,2-3H3,(H2,18,21,22). The Hall–Kier alpha value is -1.63. The highest BCUT2D eigenvalue weighted by Gasteiger charge is 2.10. The van der Waals surface area contributed by atoms with Crippen LogP contribution >= 0.6 is 0 Å². The minimum Gasteiger partial charge on any atom is -0.343 e. The molecule has 126 valence electrons. The summed E-state index contributed by atoms with van der Waals surface area (Å²) in [6, 6.07) is 6.12. The van der Waals surface area contributed by atoms with Gasteiger partial charge in [-0.25, -0.2) is 13.6 Å². The largest absolute Gasteiger partial charge is 0.343 e. The van der Waals surface area contributed by atoms with Crippen LogP contribution in [-0.4, -0.2) is 44.3 Å². The van der Waals surface area contributed by atoms with Crippen LogP contribution in [0.15, 0.2) is 37.1 Å². The number of primary sulfonamides is 1. The van der Waals surface area contributed by atoms with Crippen molar-refractivity contribution in [2.24, 2.45) is 5.14 Å². The molecule has 0 aliphatic carbocycles. The molecule has 0 aliphatic heterocycles. The number of nitrogens with two attached hydrogens (primary N) is 1. The summed E-state index contributed by atoms with van der Waals surface area (Å²) in [7, 11) is 0.676. The number of likely N-dealkylation sites (N-methyl/N-ethyl adjacent to an activating group) is 1. The van der Waals surface area contributed by atoms with Crippen molar-refractivity contribution in [3.63, 3.8) is 0 Å². The summed E-state index contributed by atoms with van der Waals surface area (Å²) in [5.74, 6) is -0.0289. The maximum absolute atomic E-state index is 11.2. The van der Waals surface area contributed by atoms with Gasteiger partial charge in [0.1, 0.15) is 0 Å². The van der Waals surface area contributed by atoms with Crippen LogP contribution in [0.25, 0.3) is 10.9 Å². The number of hydrogen-bond donors (Lipinski definition) is 1. The number of nitrogens with zero attached hydrogens (tertiary/aromatic N) is 2. The number of benzene rings is 1. The molecule has 0 radical (unpaired) electrons. The number of aryl methyl sites for hydroxylation is 1. The highest BCUT2D eigenvalue weighted by molar-refractivity contribution is 7.89. The third kappa shape index (κ3) is 4.92. The van der Waals surface area contributed by atoms with Gasteiger partial charge in [-0.1, -0.05) is 12.1 Å². The maximum Gasteiger partial charge on any atom is 0.209 e. The van der Waals surface area contributed by atoms with Crippen LogP contribution in [0.2, 0.25) is 0 Å². The van der Waals surface area contributed by atoms with Gasteiger partial charge in [-0.3, -0.25) is 0 Å². The normalized spacial score (nSPS) is 12.2. The van der Waals surface area contributed by atoms with Gasteiger partial charge in [-0.05, 0) is 50.2 Å². The molecule has 6 heteroatoms. The summed E-state index contributed by atoms with van der Waals surface area (Å²) in [6.45, 7) is 5.54. The Balaban J connectivity index is 2.36. The Kier molecular flexibility index (Phi) is 5.62. The molecule has 2 rings (SSSR count). The van der Waals surface area contributed by atoms with Crippen molar-refractivity contribution in [1.82, 2.24) is 9.47 Å². The molecule has 0 saturated heterocycles. The summed E-state index contributed by atoms with van der Waals surface area (Å²) in [5.41, 5.74) is 3.42. The second-order valence-electron chi connectivity index (χ2n) is 6.12. The molecule has 2 N–H and O–H groups in total. The van der Waals surface area contributed by atoms with E-state index in [1.807, 2.05) is 12.1 Å². The topological polar surface area (TPSA) is 68.3 Å². The third-order valence-electron chi connectivity index (χ3n) is 3.86. The second kappa shape index (κ2) is 7.29. The van der Waals surface area contributed by atoms with Gasteiger partial charge < -0.3 is 9.47 Å². The predicted octanol–water partition coefficient (Wildman–Crippen LogP) is 1.76. The first-order chi connectivity index (χ1) is 10.8. The quantitative estimate of drug-likeness (QED) is 0.748. The molecule has 1 aromatic carbocycles. The van der Waals surface area contributed by atoms with Crippen molar-refractivity contribution in [3.8, 4) is 0 Å². The van der Waals surface area contributed by atoms with E-state index in [9.17, 15) is 8.42 Å². The highest BCUT2D eigenvalue weighted by Crippen LogP contribution is 2.24. The number of sulfonamides is 1. The Labute approximate surface area is 138 Å². The summed E-state index contributed by atoms with van der Waals surface area (Å²) < 4.78 is 24.5. The van der Waals surface area contributed by atoms with E-state index in [0.717, 1.165) is 30.6 Å². The fourth-order valence-corrected chi connectivity index (χ4v) is 3.19. The fourth-order valence-electron chi connectivity index (χ4n) is 2.67. The molecule has 2 aromatic rings. The molecule has 0 amide bonds. The van der Waals surface area contributed by atoms with Gasteiger partial charge in [-0.15, -0.1) is 6.58 Å². The number of hydrogen-bond acceptors (Lipinski definition) is 3. The van der Waals surface area contributed by atoms with E-state index in [-0.39, 0.29) is 5.75 Å². The molecule has 1 aromatic heterocycles. The molecule has 1 heterocycles. The molecule has 0 spiro atoms. The van der Waals surface area contributed by atoms with Crippen LogP contribution < -0.4 is 5.14 Å². The molecular formula is C17H25N3O2S. The Morgan fingerprint density at radius 3 is 2.65 bits per heavy atom. The molecule has 23 heavy (non-hydrogen) atoms. The van der Waals surface area contributed by atoms with E-state index >= 15 is 0 Å². The summed E-state index contributed by atoms with van der Waals surface area (Å²) in [5, 5.41) is 6.28. The maximum atomic E-state index is 11.2. The van der Waals surface area contributed by atoms with Gasteiger partial charge in [0.05, 0.1) is 5.75 Å². The lowest BCUT2D eigenvalue weighted by atomic mass is 10.1. The van der Waals surface area contributed by atoms with E-state index in [2.05, 4.69) is 48.5 Å². The second-order valence-corrected chi connectivity index (χ2v) is 7.85.